The molecule has 0 amide bonds. The third kappa shape index (κ3) is 19.9. The standard InChI is InChI=1S/C63H108O37/c1-12-16-30(90-57-44(79)38(73)34(69)25(6)85-57)17-14-13-15-18-33(68)93-54-53(100-62-51(40(75)36(71)32(20-65)92-62)97-59-46(81)43(78)48(28(9)88-59)95-56(83)22(3)24(5)67)49(96-58-45(80)42(77)47(27(8)87-58)94-55(82)21(2)23(4)66)29(10)89-63(54)99-52-41(76)37(72)31(19-64)91-61(52)98-50-39(74)35(70)26(7)86-60(50)84-11/h21-32,34-54,57-67,69-81H,12-20H2,1-11H3/t21-,22-,23-,24-,25-,26-,27-,28-,29+,30+,31-,32-,34-,35+,36-,37-,38+,39+,40+,41+,42-,43-,44-,45-,46-,47-,48-,49+,50-,51-,52-,53-,54-,57+,58+,59+,60+,61+,62+,63+/m1/s1. The van der Waals surface area contributed by atoms with Crippen LogP contribution in [0.15, 0.2) is 0 Å². The Kier molecular flexibility index (Phi) is 31.8. The molecule has 7 aliphatic rings. The van der Waals surface area contributed by atoms with Crippen LogP contribution in [0.3, 0.4) is 0 Å². The molecule has 0 aromatic heterocycles. The molecule has 37 nitrogen and oxygen atoms in total. The molecule has 0 aromatic rings. The summed E-state index contributed by atoms with van der Waals surface area (Å²) in [4.78, 5) is 40.9. The zero-order valence-electron chi connectivity index (χ0n) is 57.7. The van der Waals surface area contributed by atoms with Crippen LogP contribution in [0.2, 0.25) is 0 Å². The average Bonchev–Trinajstić information content (AvgIpc) is 0.762. The van der Waals surface area contributed by atoms with Crippen LogP contribution in [0.5, 0.6) is 0 Å². The molecule has 7 aliphatic heterocycles. The number of aliphatic hydroxyl groups is 17. The van der Waals surface area contributed by atoms with E-state index in [1.807, 2.05) is 6.92 Å². The van der Waals surface area contributed by atoms with Crippen molar-refractivity contribution in [2.24, 2.45) is 11.8 Å². The van der Waals surface area contributed by atoms with Crippen molar-refractivity contribution >= 4 is 17.9 Å². The van der Waals surface area contributed by atoms with Gasteiger partial charge in [-0.05, 0) is 81.6 Å². The highest BCUT2D eigenvalue weighted by atomic mass is 16.8. The van der Waals surface area contributed by atoms with Gasteiger partial charge in [-0.1, -0.05) is 26.2 Å². The van der Waals surface area contributed by atoms with Crippen molar-refractivity contribution in [1.29, 1.82) is 0 Å². The van der Waals surface area contributed by atoms with Crippen molar-refractivity contribution in [1.82, 2.24) is 0 Å². The summed E-state index contributed by atoms with van der Waals surface area (Å²) >= 11 is 0. The summed E-state index contributed by atoms with van der Waals surface area (Å²) in [5.74, 6) is -5.25. The first-order valence-corrected chi connectivity index (χ1v) is 34.2. The molecule has 7 saturated heterocycles. The zero-order chi connectivity index (χ0) is 74.2. The number of aliphatic hydroxyl groups excluding tert-OH is 17. The van der Waals surface area contributed by atoms with Gasteiger partial charge in [0.2, 0.25) is 0 Å². The number of unbranched alkanes of at least 4 members (excludes halogenated alkanes) is 2. The van der Waals surface area contributed by atoms with Gasteiger partial charge in [-0.15, -0.1) is 0 Å². The molecular formula is C63H108O37. The first kappa shape index (κ1) is 84.4. The van der Waals surface area contributed by atoms with Crippen LogP contribution in [0.25, 0.3) is 0 Å². The molecule has 0 bridgehead atoms. The van der Waals surface area contributed by atoms with Crippen LogP contribution in [-0.2, 0) is 94.9 Å². The van der Waals surface area contributed by atoms with E-state index in [1.165, 1.54) is 69.4 Å². The van der Waals surface area contributed by atoms with Gasteiger partial charge in [0, 0.05) is 13.5 Å². The highest BCUT2D eigenvalue weighted by Gasteiger charge is 2.60. The first-order chi connectivity index (χ1) is 47.1. The Morgan fingerprint density at radius 1 is 0.370 bits per heavy atom. The zero-order valence-corrected chi connectivity index (χ0v) is 57.7. The molecule has 0 aromatic carbocycles. The first-order valence-electron chi connectivity index (χ1n) is 34.2. The van der Waals surface area contributed by atoms with E-state index in [4.69, 9.17) is 80.5 Å². The molecule has 0 radical (unpaired) electrons. The van der Waals surface area contributed by atoms with E-state index in [9.17, 15) is 101 Å². The largest absolute Gasteiger partial charge is 0.456 e. The van der Waals surface area contributed by atoms with Gasteiger partial charge in [0.05, 0.1) is 73.9 Å². The van der Waals surface area contributed by atoms with E-state index >= 15 is 0 Å². The van der Waals surface area contributed by atoms with Gasteiger partial charge in [-0.3, -0.25) is 14.4 Å². The van der Waals surface area contributed by atoms with Crippen molar-refractivity contribution in [3.05, 3.63) is 0 Å². The fourth-order valence-corrected chi connectivity index (χ4v) is 12.7. The second kappa shape index (κ2) is 37.6. The van der Waals surface area contributed by atoms with E-state index in [-0.39, 0.29) is 6.42 Å². The van der Waals surface area contributed by atoms with Crippen LogP contribution in [0.4, 0.5) is 0 Å². The van der Waals surface area contributed by atoms with E-state index in [0.717, 1.165) is 0 Å². The van der Waals surface area contributed by atoms with Gasteiger partial charge in [0.1, 0.15) is 122 Å². The summed E-state index contributed by atoms with van der Waals surface area (Å²) in [6, 6.07) is 0. The number of methoxy groups -OCH3 is 1. The molecule has 40 atom stereocenters. The fourth-order valence-electron chi connectivity index (χ4n) is 12.7. The van der Waals surface area contributed by atoms with Gasteiger partial charge in [-0.25, -0.2) is 0 Å². The number of rotatable bonds is 30. The van der Waals surface area contributed by atoms with E-state index in [0.29, 0.717) is 32.1 Å². The molecule has 100 heavy (non-hydrogen) atoms. The summed E-state index contributed by atoms with van der Waals surface area (Å²) < 4.78 is 103. The summed E-state index contributed by atoms with van der Waals surface area (Å²) in [6.07, 6.45) is -64.0. The second-order valence-electron chi connectivity index (χ2n) is 27.1. The molecule has 37 heteroatoms. The summed E-state index contributed by atoms with van der Waals surface area (Å²) in [6.45, 7) is 12.1. The number of carbonyl (C=O) groups is 3. The van der Waals surface area contributed by atoms with E-state index < -0.39 is 283 Å². The van der Waals surface area contributed by atoms with E-state index in [1.54, 1.807) is 0 Å². The Morgan fingerprint density at radius 2 is 0.740 bits per heavy atom. The maximum atomic E-state index is 14.8. The third-order valence-electron chi connectivity index (χ3n) is 19.5. The lowest BCUT2D eigenvalue weighted by Gasteiger charge is -2.51. The van der Waals surface area contributed by atoms with Crippen molar-refractivity contribution < 1.29 is 182 Å². The normalized spacial score (nSPS) is 45.8. The van der Waals surface area contributed by atoms with E-state index in [2.05, 4.69) is 0 Å². The number of carbonyl (C=O) groups excluding carboxylic acids is 3. The monoisotopic (exact) mass is 1460 g/mol. The minimum Gasteiger partial charge on any atom is -0.456 e. The van der Waals surface area contributed by atoms with Crippen molar-refractivity contribution in [3.63, 3.8) is 0 Å². The van der Waals surface area contributed by atoms with Gasteiger partial charge in [0.25, 0.3) is 0 Å². The fraction of sp³-hybridized carbons (Fsp3) is 0.952. The predicted molar refractivity (Wildman–Crippen MR) is 327 cm³/mol. The molecule has 7 fully saturated rings. The van der Waals surface area contributed by atoms with Gasteiger partial charge >= 0.3 is 17.9 Å². The summed E-state index contributed by atoms with van der Waals surface area (Å²) in [5, 5.41) is 189. The van der Waals surface area contributed by atoms with Crippen LogP contribution < -0.4 is 0 Å². The molecule has 582 valence electrons. The number of hydrogen-bond acceptors (Lipinski definition) is 37. The molecule has 0 unspecified atom stereocenters. The molecule has 17 N–H and O–H groups in total. The summed E-state index contributed by atoms with van der Waals surface area (Å²) in [7, 11) is 1.18. The van der Waals surface area contributed by atoms with Crippen molar-refractivity contribution in [3.8, 4) is 0 Å². The van der Waals surface area contributed by atoms with Crippen LogP contribution in [0, 0.1) is 11.8 Å². The topological polar surface area (TPSA) is 552 Å². The quantitative estimate of drug-likeness (QED) is 0.0181. The second-order valence-corrected chi connectivity index (χ2v) is 27.1. The highest BCUT2D eigenvalue weighted by molar-refractivity contribution is 5.73. The number of esters is 3. The molecule has 0 aliphatic carbocycles. The Hall–Kier alpha value is -2.83. The van der Waals surface area contributed by atoms with Crippen LogP contribution >= 0.6 is 0 Å². The molecule has 7 rings (SSSR count). The number of ether oxygens (including phenoxy) is 17. The predicted octanol–water partition coefficient (Wildman–Crippen LogP) is -6.69. The number of hydrogen-bond donors (Lipinski definition) is 17. The molecule has 7 heterocycles. The SMILES string of the molecule is CCC[C@@H](CCCCCC(=O)O[C@H]1[C@H](O[C@H]2[C@H](O[C@H]3[C@@H](OC)O[C@H](C)[C@H](O)[C@@H]3O)O[C@H](CO)[C@@H](O)[C@@H]2O)O[C@@H](C)[C@H](O[C@@H]2O[C@H](C)[C@@H](OC(=O)[C@H](C)[C@@H](C)O)[C@H](O)[C@H]2O)[C@H]1O[C@@H]1O[C@H](CO)[C@@H](O)[C@H](O)[C@H]1O[C@@H]1O[C@H](C)[C@@H](OC(=O)[C@H](C)[C@@H](C)O)[C@H](O)[C@H]1O)O[C@@H]1O[C@H](C)[C@@H](O)[C@H](O)[C@H]1O. The lowest BCUT2D eigenvalue weighted by atomic mass is 9.95. The van der Waals surface area contributed by atoms with Crippen molar-refractivity contribution in [2.45, 2.75) is 347 Å². The minimum atomic E-state index is -2.22. The molecule has 0 saturated carbocycles. The Labute approximate surface area is 577 Å². The van der Waals surface area contributed by atoms with Crippen LogP contribution in [-0.4, -0.2) is 358 Å². The lowest BCUT2D eigenvalue weighted by Crippen LogP contribution is -2.69. The Balaban J connectivity index is 1.28. The third-order valence-corrected chi connectivity index (χ3v) is 19.5. The highest BCUT2D eigenvalue weighted by Crippen LogP contribution is 2.40. The maximum absolute atomic E-state index is 14.8. The lowest BCUT2D eigenvalue weighted by molar-refractivity contribution is -0.413. The van der Waals surface area contributed by atoms with Crippen molar-refractivity contribution in [2.75, 3.05) is 20.3 Å². The Morgan fingerprint density at radius 3 is 1.20 bits per heavy atom. The smallest absolute Gasteiger partial charge is 0.311 e. The Bertz CT molecular complexity index is 2490. The van der Waals surface area contributed by atoms with Gasteiger partial charge < -0.3 is 167 Å². The maximum Gasteiger partial charge on any atom is 0.311 e. The molecule has 0 spiro atoms. The van der Waals surface area contributed by atoms with Crippen LogP contribution in [0.1, 0.15) is 114 Å². The summed E-state index contributed by atoms with van der Waals surface area (Å²) in [5.41, 5.74) is 0. The minimum absolute atomic E-state index is 0.0665. The van der Waals surface area contributed by atoms with Gasteiger partial charge in [0.15, 0.2) is 62.3 Å². The molecular weight excluding hydrogens is 1350 g/mol. The van der Waals surface area contributed by atoms with Gasteiger partial charge in [-0.2, -0.15) is 0 Å². The average molecular weight is 1460 g/mol.